The zero-order chi connectivity index (χ0) is 19.6. The summed E-state index contributed by atoms with van der Waals surface area (Å²) in [5.41, 5.74) is 0.982. The first-order valence-corrected chi connectivity index (χ1v) is 9.86. The fourth-order valence-electron chi connectivity index (χ4n) is 3.12. The summed E-state index contributed by atoms with van der Waals surface area (Å²) in [6, 6.07) is 7.36. The molecule has 2 rings (SSSR count). The molecule has 0 aliphatic rings. The van der Waals surface area contributed by atoms with Gasteiger partial charge in [0.25, 0.3) is 5.91 Å². The largest absolute Gasteiger partial charge is 0.422 e. The molecule has 27 heavy (non-hydrogen) atoms. The van der Waals surface area contributed by atoms with Crippen LogP contribution in [0, 0.1) is 0 Å². The predicted molar refractivity (Wildman–Crippen MR) is 111 cm³/mol. The molecule has 0 radical (unpaired) electrons. The molecule has 1 aromatic heterocycles. The Labute approximate surface area is 160 Å². The van der Waals surface area contributed by atoms with Gasteiger partial charge in [-0.05, 0) is 58.5 Å². The molecule has 0 saturated carbocycles. The molecule has 1 aromatic carbocycles. The average molecular weight is 373 g/mol. The molecule has 0 spiro atoms. The second-order valence-electron chi connectivity index (χ2n) is 6.62. The highest BCUT2D eigenvalue weighted by atomic mass is 16.4. The van der Waals surface area contributed by atoms with Crippen molar-refractivity contribution in [2.24, 2.45) is 0 Å². The quantitative estimate of drug-likeness (QED) is 0.467. The summed E-state index contributed by atoms with van der Waals surface area (Å²) in [6.45, 7) is 7.50. The molecule has 0 fully saturated rings. The first-order chi connectivity index (χ1) is 13.1. The van der Waals surface area contributed by atoms with Crippen molar-refractivity contribution in [1.29, 1.82) is 0 Å². The van der Waals surface area contributed by atoms with Crippen LogP contribution in [-0.2, 0) is 0 Å². The molecule has 0 bridgehead atoms. The van der Waals surface area contributed by atoms with Gasteiger partial charge in [-0.15, -0.1) is 0 Å². The second kappa shape index (κ2) is 10.7. The number of unbranched alkanes of at least 4 members (excludes halogenated alkanes) is 3. The number of rotatable bonds is 11. The van der Waals surface area contributed by atoms with Crippen molar-refractivity contribution in [3.05, 3.63) is 40.2 Å². The van der Waals surface area contributed by atoms with Gasteiger partial charge in [0, 0.05) is 36.8 Å². The van der Waals surface area contributed by atoms with Crippen LogP contribution in [0.25, 0.3) is 11.0 Å². The number of benzene rings is 1. The van der Waals surface area contributed by atoms with Crippen LogP contribution in [0.1, 0.15) is 49.9 Å². The van der Waals surface area contributed by atoms with Crippen LogP contribution in [0.3, 0.4) is 0 Å². The number of nitrogens with zero attached hydrogens (tertiary/aromatic N) is 1. The smallest absolute Gasteiger partial charge is 0.349 e. The predicted octanol–water partition coefficient (Wildman–Crippen LogP) is 3.15. The summed E-state index contributed by atoms with van der Waals surface area (Å²) < 4.78 is 5.42. The Kier molecular flexibility index (Phi) is 8.33. The maximum Gasteiger partial charge on any atom is 0.349 e. The molecule has 1 heterocycles. The van der Waals surface area contributed by atoms with Gasteiger partial charge >= 0.3 is 5.63 Å². The molecule has 1 amide bonds. The van der Waals surface area contributed by atoms with Gasteiger partial charge in [0.05, 0.1) is 0 Å². The van der Waals surface area contributed by atoms with Crippen molar-refractivity contribution >= 4 is 22.6 Å². The summed E-state index contributed by atoms with van der Waals surface area (Å²) in [5, 5.41) is 6.69. The van der Waals surface area contributed by atoms with E-state index in [1.54, 1.807) is 6.07 Å². The first kappa shape index (κ1) is 21.0. The Morgan fingerprint density at radius 1 is 1.04 bits per heavy atom. The van der Waals surface area contributed by atoms with Crippen molar-refractivity contribution in [1.82, 2.24) is 10.6 Å². The minimum Gasteiger partial charge on any atom is -0.422 e. The van der Waals surface area contributed by atoms with E-state index in [-0.39, 0.29) is 11.5 Å². The second-order valence-corrected chi connectivity index (χ2v) is 6.62. The summed E-state index contributed by atoms with van der Waals surface area (Å²) in [4.78, 5) is 26.8. The maximum atomic E-state index is 12.3. The topological polar surface area (TPSA) is 74.6 Å². The highest BCUT2D eigenvalue weighted by Crippen LogP contribution is 2.21. The molecule has 0 aliphatic carbocycles. The highest BCUT2D eigenvalue weighted by molar-refractivity contribution is 5.96. The third kappa shape index (κ3) is 5.82. The monoisotopic (exact) mass is 373 g/mol. The van der Waals surface area contributed by atoms with Gasteiger partial charge in [0.2, 0.25) is 0 Å². The van der Waals surface area contributed by atoms with Crippen molar-refractivity contribution in [2.75, 3.05) is 38.1 Å². The van der Waals surface area contributed by atoms with Crippen LogP contribution < -0.4 is 21.2 Å². The normalized spacial score (nSPS) is 10.9. The number of hydrogen-bond donors (Lipinski definition) is 2. The van der Waals surface area contributed by atoms with E-state index in [9.17, 15) is 9.59 Å². The summed E-state index contributed by atoms with van der Waals surface area (Å²) in [7, 11) is 1.94. The fraction of sp³-hybridized carbons (Fsp3) is 0.524. The summed E-state index contributed by atoms with van der Waals surface area (Å²) >= 11 is 0. The molecule has 148 valence electrons. The van der Waals surface area contributed by atoms with Crippen molar-refractivity contribution < 1.29 is 9.21 Å². The van der Waals surface area contributed by atoms with Gasteiger partial charge < -0.3 is 20.0 Å². The number of fused-ring (bicyclic) bond motifs is 1. The van der Waals surface area contributed by atoms with E-state index >= 15 is 0 Å². The third-order valence-corrected chi connectivity index (χ3v) is 4.73. The maximum absolute atomic E-state index is 12.3. The Morgan fingerprint density at radius 2 is 1.74 bits per heavy atom. The van der Waals surface area contributed by atoms with Crippen LogP contribution >= 0.6 is 0 Å². The lowest BCUT2D eigenvalue weighted by molar-refractivity contribution is 0.0949. The van der Waals surface area contributed by atoms with E-state index in [4.69, 9.17) is 4.42 Å². The number of hydrogen-bond acceptors (Lipinski definition) is 5. The first-order valence-electron chi connectivity index (χ1n) is 9.86. The number of amides is 1. The van der Waals surface area contributed by atoms with Crippen LogP contribution in [-0.4, -0.2) is 39.1 Å². The minimum absolute atomic E-state index is 0.0632. The molecule has 0 unspecified atom stereocenters. The molecule has 2 aromatic rings. The Balaban J connectivity index is 2.02. The molecule has 0 aliphatic heterocycles. The SMILES string of the molecule is CCN(CC)c1ccc2cc(C(=O)NCCCCCCNC)c(=O)oc2c1. The number of anilines is 1. The van der Waals surface area contributed by atoms with Crippen LogP contribution in [0.5, 0.6) is 0 Å². The molecular weight excluding hydrogens is 342 g/mol. The molecular formula is C21H31N3O3. The van der Waals surface area contributed by atoms with Crippen molar-refractivity contribution in [3.8, 4) is 0 Å². The van der Waals surface area contributed by atoms with Crippen LogP contribution in [0.2, 0.25) is 0 Å². The lowest BCUT2D eigenvalue weighted by Crippen LogP contribution is -2.29. The Morgan fingerprint density at radius 3 is 2.41 bits per heavy atom. The zero-order valence-corrected chi connectivity index (χ0v) is 16.6. The van der Waals surface area contributed by atoms with Gasteiger partial charge in [-0.3, -0.25) is 4.79 Å². The Hall–Kier alpha value is -2.34. The molecule has 6 heteroatoms. The average Bonchev–Trinajstić information content (AvgIpc) is 2.67. The molecule has 0 atom stereocenters. The van der Waals surface area contributed by atoms with Gasteiger partial charge in [-0.1, -0.05) is 12.8 Å². The third-order valence-electron chi connectivity index (χ3n) is 4.73. The molecule has 6 nitrogen and oxygen atoms in total. The number of nitrogens with one attached hydrogen (secondary N) is 2. The van der Waals surface area contributed by atoms with Gasteiger partial charge in [-0.2, -0.15) is 0 Å². The van der Waals surface area contributed by atoms with E-state index in [2.05, 4.69) is 29.4 Å². The Bertz CT molecular complexity index is 797. The zero-order valence-electron chi connectivity index (χ0n) is 16.6. The van der Waals surface area contributed by atoms with E-state index in [1.807, 2.05) is 25.2 Å². The van der Waals surface area contributed by atoms with Gasteiger partial charge in [0.15, 0.2) is 0 Å². The summed E-state index contributed by atoms with van der Waals surface area (Å²) in [6.07, 6.45) is 4.22. The van der Waals surface area contributed by atoms with E-state index in [1.165, 1.54) is 0 Å². The van der Waals surface area contributed by atoms with E-state index in [0.29, 0.717) is 12.1 Å². The lowest BCUT2D eigenvalue weighted by Gasteiger charge is -2.21. The van der Waals surface area contributed by atoms with Crippen LogP contribution in [0.4, 0.5) is 5.69 Å². The molecule has 2 N–H and O–H groups in total. The summed E-state index contributed by atoms with van der Waals surface area (Å²) in [5.74, 6) is -0.367. The van der Waals surface area contributed by atoms with Crippen molar-refractivity contribution in [3.63, 3.8) is 0 Å². The van der Waals surface area contributed by atoms with Gasteiger partial charge in [0.1, 0.15) is 11.1 Å². The fourth-order valence-corrected chi connectivity index (χ4v) is 3.12. The lowest BCUT2D eigenvalue weighted by atomic mass is 10.1. The molecule has 0 saturated heterocycles. The number of carbonyl (C=O) groups excluding carboxylic acids is 1. The van der Waals surface area contributed by atoms with Crippen molar-refractivity contribution in [2.45, 2.75) is 39.5 Å². The standard InChI is InChI=1S/C21H31N3O3/c1-4-24(5-2)17-11-10-16-14-18(21(26)27-19(16)15-17)20(25)23-13-9-7-6-8-12-22-3/h10-11,14-15,22H,4-9,12-13H2,1-3H3,(H,23,25). The number of carbonyl (C=O) groups is 1. The minimum atomic E-state index is -0.592. The van der Waals surface area contributed by atoms with Gasteiger partial charge in [-0.25, -0.2) is 4.79 Å². The van der Waals surface area contributed by atoms with E-state index in [0.717, 1.165) is 56.4 Å². The van der Waals surface area contributed by atoms with E-state index < -0.39 is 5.63 Å². The van der Waals surface area contributed by atoms with Crippen LogP contribution in [0.15, 0.2) is 33.5 Å². The highest BCUT2D eigenvalue weighted by Gasteiger charge is 2.14.